The minimum atomic E-state index is -0.828. The van der Waals surface area contributed by atoms with Crippen LogP contribution in [0.15, 0.2) is 72.9 Å². The lowest BCUT2D eigenvalue weighted by Crippen LogP contribution is -2.48. The second kappa shape index (κ2) is 11.3. The van der Waals surface area contributed by atoms with Crippen molar-refractivity contribution in [1.82, 2.24) is 15.6 Å². The third kappa shape index (κ3) is 6.49. The van der Waals surface area contributed by atoms with Crippen molar-refractivity contribution in [3.63, 3.8) is 0 Å². The number of phenolic OH excluding ortho intramolecular Hbond substituents is 3. The molecule has 1 heterocycles. The van der Waals surface area contributed by atoms with Crippen LogP contribution in [0.4, 0.5) is 0 Å². The molecule has 1 aromatic heterocycles. The van der Waals surface area contributed by atoms with Crippen LogP contribution in [0, 0.1) is 6.92 Å². The largest absolute Gasteiger partial charge is 0.508 e. The number of rotatable bonds is 9. The van der Waals surface area contributed by atoms with E-state index in [1.807, 2.05) is 49.5 Å². The van der Waals surface area contributed by atoms with Gasteiger partial charge in [-0.3, -0.25) is 9.59 Å². The number of fused-ring (bicyclic) bond motifs is 1. The predicted molar refractivity (Wildman–Crippen MR) is 142 cm³/mol. The summed E-state index contributed by atoms with van der Waals surface area (Å²) in [6.45, 7) is 2.18. The minimum absolute atomic E-state index is 0.227. The van der Waals surface area contributed by atoms with Crippen molar-refractivity contribution in [2.45, 2.75) is 25.8 Å². The normalized spacial score (nSPS) is 12.0. The molecule has 0 spiro atoms. The number of hydrogen-bond acceptors (Lipinski definition) is 5. The van der Waals surface area contributed by atoms with Crippen LogP contribution in [0.5, 0.6) is 17.2 Å². The number of aryl methyl sites for hydroxylation is 1. The average Bonchev–Trinajstić information content (AvgIpc) is 3.29. The van der Waals surface area contributed by atoms with Crippen molar-refractivity contribution < 1.29 is 24.9 Å². The number of carbonyl (C=O) groups is 2. The molecule has 6 N–H and O–H groups in total. The maximum absolute atomic E-state index is 13.1. The van der Waals surface area contributed by atoms with Crippen LogP contribution in [0.3, 0.4) is 0 Å². The highest BCUT2D eigenvalue weighted by atomic mass is 16.3. The molecule has 4 rings (SSSR count). The Labute approximate surface area is 214 Å². The number of aromatic amines is 1. The Morgan fingerprint density at radius 1 is 0.973 bits per heavy atom. The first kappa shape index (κ1) is 25.4. The Kier molecular flexibility index (Phi) is 7.78. The smallest absolute Gasteiger partial charge is 0.244 e. The van der Waals surface area contributed by atoms with Crippen molar-refractivity contribution in [3.8, 4) is 17.2 Å². The summed E-state index contributed by atoms with van der Waals surface area (Å²) < 4.78 is 0. The van der Waals surface area contributed by atoms with Gasteiger partial charge >= 0.3 is 0 Å². The first-order valence-corrected chi connectivity index (χ1v) is 11.9. The zero-order valence-corrected chi connectivity index (χ0v) is 20.4. The van der Waals surface area contributed by atoms with Gasteiger partial charge in [0.2, 0.25) is 11.8 Å². The molecule has 0 bridgehead atoms. The van der Waals surface area contributed by atoms with E-state index in [0.717, 1.165) is 27.6 Å². The van der Waals surface area contributed by atoms with Gasteiger partial charge in [0.25, 0.3) is 0 Å². The first-order valence-electron chi connectivity index (χ1n) is 11.9. The summed E-state index contributed by atoms with van der Waals surface area (Å²) in [5.74, 6) is -1.10. The van der Waals surface area contributed by atoms with E-state index >= 15 is 0 Å². The fourth-order valence-electron chi connectivity index (χ4n) is 4.09. The highest BCUT2D eigenvalue weighted by molar-refractivity contribution is 5.96. The summed E-state index contributed by atoms with van der Waals surface area (Å²) in [5.41, 5.74) is 4.11. The highest BCUT2D eigenvalue weighted by Crippen LogP contribution is 2.25. The van der Waals surface area contributed by atoms with Crippen LogP contribution in [-0.2, 0) is 22.4 Å². The standard InChI is InChI=1S/C29H29N3O5/c1-18-14-20(6-9-25(18)33)12-13-30-29(37)24(16-21-17-31-23-5-3-2-4-22(21)23)32-28(36)11-8-19-7-10-26(34)27(35)15-19/h2-11,14-15,17,24,31,33-35H,12-13,16H2,1H3,(H,30,37)(H,32,36)/b11-8+/t24-/m0/s1. The molecule has 8 heteroatoms. The van der Waals surface area contributed by atoms with E-state index < -0.39 is 11.9 Å². The van der Waals surface area contributed by atoms with Crippen molar-refractivity contribution in [2.24, 2.45) is 0 Å². The molecular weight excluding hydrogens is 470 g/mol. The fraction of sp³-hybridized carbons (Fsp3) is 0.172. The summed E-state index contributed by atoms with van der Waals surface area (Å²) in [7, 11) is 0. The number of nitrogens with one attached hydrogen (secondary N) is 3. The van der Waals surface area contributed by atoms with Gasteiger partial charge in [0.15, 0.2) is 11.5 Å². The lowest BCUT2D eigenvalue weighted by Gasteiger charge is -2.18. The molecule has 0 saturated carbocycles. The van der Waals surface area contributed by atoms with Crippen molar-refractivity contribution in [1.29, 1.82) is 0 Å². The SMILES string of the molecule is Cc1cc(CCNC(=O)[C@H](Cc2c[nH]c3ccccc23)NC(=O)/C=C/c2ccc(O)c(O)c2)ccc1O. The molecule has 2 amide bonds. The molecule has 8 nitrogen and oxygen atoms in total. The molecule has 4 aromatic rings. The molecule has 0 fully saturated rings. The molecule has 0 aliphatic carbocycles. The summed E-state index contributed by atoms with van der Waals surface area (Å²) in [6.07, 6.45) is 5.47. The molecule has 190 valence electrons. The minimum Gasteiger partial charge on any atom is -0.508 e. The number of hydrogen-bond donors (Lipinski definition) is 6. The molecule has 0 radical (unpaired) electrons. The van der Waals surface area contributed by atoms with Crippen molar-refractivity contribution in [2.75, 3.05) is 6.54 Å². The third-order valence-electron chi connectivity index (χ3n) is 6.13. The van der Waals surface area contributed by atoms with Gasteiger partial charge in [0, 0.05) is 36.1 Å². The van der Waals surface area contributed by atoms with E-state index in [-0.39, 0.29) is 29.6 Å². The Morgan fingerprint density at radius 2 is 1.76 bits per heavy atom. The van der Waals surface area contributed by atoms with E-state index in [9.17, 15) is 24.9 Å². The van der Waals surface area contributed by atoms with Gasteiger partial charge in [-0.2, -0.15) is 0 Å². The van der Waals surface area contributed by atoms with E-state index in [1.54, 1.807) is 12.1 Å². The van der Waals surface area contributed by atoms with Gasteiger partial charge < -0.3 is 30.9 Å². The Balaban J connectivity index is 1.46. The second-order valence-electron chi connectivity index (χ2n) is 8.87. The summed E-state index contributed by atoms with van der Waals surface area (Å²) in [4.78, 5) is 29.1. The zero-order chi connectivity index (χ0) is 26.4. The average molecular weight is 500 g/mol. The van der Waals surface area contributed by atoms with Crippen LogP contribution in [0.25, 0.3) is 17.0 Å². The zero-order valence-electron chi connectivity index (χ0n) is 20.4. The van der Waals surface area contributed by atoms with Gasteiger partial charge in [0.05, 0.1) is 0 Å². The van der Waals surface area contributed by atoms with E-state index in [4.69, 9.17) is 0 Å². The van der Waals surface area contributed by atoms with E-state index in [2.05, 4.69) is 15.6 Å². The number of aromatic nitrogens is 1. The predicted octanol–water partition coefficient (Wildman–Crippen LogP) is 3.69. The van der Waals surface area contributed by atoms with Crippen LogP contribution >= 0.6 is 0 Å². The second-order valence-corrected chi connectivity index (χ2v) is 8.87. The monoisotopic (exact) mass is 499 g/mol. The van der Waals surface area contributed by atoms with Crippen molar-refractivity contribution >= 4 is 28.8 Å². The summed E-state index contributed by atoms with van der Waals surface area (Å²) in [5, 5.41) is 35.5. The lowest BCUT2D eigenvalue weighted by atomic mass is 10.0. The van der Waals surface area contributed by atoms with Crippen LogP contribution in [-0.4, -0.2) is 44.7 Å². The van der Waals surface area contributed by atoms with Crippen molar-refractivity contribution in [3.05, 3.63) is 95.2 Å². The molecule has 0 aliphatic heterocycles. The summed E-state index contributed by atoms with van der Waals surface area (Å²) >= 11 is 0. The quantitative estimate of drug-likeness (QED) is 0.154. The molecule has 0 saturated heterocycles. The number of para-hydroxylation sites is 1. The molecule has 0 aliphatic rings. The Bertz CT molecular complexity index is 1460. The van der Waals surface area contributed by atoms with Gasteiger partial charge in [-0.15, -0.1) is 0 Å². The number of aromatic hydroxyl groups is 3. The molecule has 37 heavy (non-hydrogen) atoms. The fourth-order valence-corrected chi connectivity index (χ4v) is 4.09. The maximum atomic E-state index is 13.1. The molecule has 3 aromatic carbocycles. The van der Waals surface area contributed by atoms with Crippen LogP contribution < -0.4 is 10.6 Å². The molecular formula is C29H29N3O5. The molecule has 1 atom stereocenters. The van der Waals surface area contributed by atoms with Gasteiger partial charge in [-0.05, 0) is 65.9 Å². The van der Waals surface area contributed by atoms with E-state index in [1.165, 1.54) is 24.3 Å². The topological polar surface area (TPSA) is 135 Å². The van der Waals surface area contributed by atoms with Gasteiger partial charge in [-0.1, -0.05) is 36.4 Å². The van der Waals surface area contributed by atoms with Gasteiger partial charge in [-0.25, -0.2) is 0 Å². The highest BCUT2D eigenvalue weighted by Gasteiger charge is 2.22. The number of amides is 2. The maximum Gasteiger partial charge on any atom is 0.244 e. The Morgan fingerprint density at radius 3 is 2.54 bits per heavy atom. The third-order valence-corrected chi connectivity index (χ3v) is 6.13. The summed E-state index contributed by atoms with van der Waals surface area (Å²) in [6, 6.07) is 16.5. The number of carbonyl (C=O) groups excluding carboxylic acids is 2. The number of H-pyrrole nitrogens is 1. The van der Waals surface area contributed by atoms with E-state index in [0.29, 0.717) is 18.5 Å². The van der Waals surface area contributed by atoms with Crippen LogP contribution in [0.2, 0.25) is 0 Å². The van der Waals surface area contributed by atoms with Gasteiger partial charge in [0.1, 0.15) is 11.8 Å². The number of phenols is 3. The van der Waals surface area contributed by atoms with Crippen LogP contribution in [0.1, 0.15) is 22.3 Å². The Hall–Kier alpha value is -4.72. The number of benzene rings is 3. The lowest BCUT2D eigenvalue weighted by molar-refractivity contribution is -0.127. The first-order chi connectivity index (χ1) is 17.8. The molecule has 0 unspecified atom stereocenters.